The summed E-state index contributed by atoms with van der Waals surface area (Å²) < 4.78 is 46.2. The molecule has 2 heterocycles. The van der Waals surface area contributed by atoms with Crippen molar-refractivity contribution in [3.05, 3.63) is 65.9 Å². The molecule has 0 saturated carbocycles. The van der Waals surface area contributed by atoms with Crippen LogP contribution in [0.2, 0.25) is 0 Å². The number of pyridine rings is 1. The average Bonchev–Trinajstić information content (AvgIpc) is 2.78. The van der Waals surface area contributed by atoms with E-state index in [0.717, 1.165) is 0 Å². The summed E-state index contributed by atoms with van der Waals surface area (Å²) in [5.74, 6) is -0.431. The lowest BCUT2D eigenvalue weighted by Gasteiger charge is -2.16. The van der Waals surface area contributed by atoms with Gasteiger partial charge in [-0.25, -0.2) is 18.2 Å². The van der Waals surface area contributed by atoms with Gasteiger partial charge >= 0.3 is 0 Å². The molecule has 0 saturated heterocycles. The summed E-state index contributed by atoms with van der Waals surface area (Å²) in [5, 5.41) is 0. The van der Waals surface area contributed by atoms with Gasteiger partial charge in [-0.05, 0) is 61.7 Å². The first-order valence-electron chi connectivity index (χ1n) is 9.83. The summed E-state index contributed by atoms with van der Waals surface area (Å²) in [6.07, 6.45) is 1.86. The highest BCUT2D eigenvalue weighted by Gasteiger charge is 2.21. The van der Waals surface area contributed by atoms with E-state index in [1.165, 1.54) is 36.5 Å². The Balaban J connectivity index is 2.09. The summed E-state index contributed by atoms with van der Waals surface area (Å²) in [7, 11) is 0. The summed E-state index contributed by atoms with van der Waals surface area (Å²) in [4.78, 5) is 20.1. The lowest BCUT2D eigenvalue weighted by molar-refractivity contribution is 0.146. The van der Waals surface area contributed by atoms with Gasteiger partial charge in [-0.2, -0.15) is 4.98 Å². The number of halogens is 3. The van der Waals surface area contributed by atoms with Crippen LogP contribution in [0.25, 0.3) is 22.4 Å². The smallest absolute Gasteiger partial charge is 0.280 e. The number of rotatable bonds is 9. The molecule has 0 amide bonds. The molecule has 3 rings (SSSR count). The number of benzene rings is 1. The maximum absolute atomic E-state index is 13.5. The number of hydrogen-bond acceptors (Lipinski definition) is 7. The molecule has 0 atom stereocenters. The summed E-state index contributed by atoms with van der Waals surface area (Å²) in [5.41, 5.74) is 7.41. The first-order valence-corrected chi connectivity index (χ1v) is 9.83. The number of nitrogens with zero attached hydrogens (tertiary/aromatic N) is 5. The number of aliphatic imine (C=N–C) groups is 2. The number of allylic oxidation sites excluding steroid dienone is 1. The quantitative estimate of drug-likeness (QED) is 0.369. The largest absolute Gasteiger partial charge is 0.475 e. The molecule has 1 aromatic carbocycles. The van der Waals surface area contributed by atoms with E-state index < -0.39 is 17.9 Å². The van der Waals surface area contributed by atoms with Gasteiger partial charge in [0.25, 0.3) is 6.43 Å². The van der Waals surface area contributed by atoms with Crippen LogP contribution in [0.1, 0.15) is 17.8 Å². The van der Waals surface area contributed by atoms with Crippen molar-refractivity contribution >= 4 is 18.9 Å². The van der Waals surface area contributed by atoms with Crippen LogP contribution in [0.3, 0.4) is 0 Å². The van der Waals surface area contributed by atoms with Crippen LogP contribution in [0, 0.1) is 12.7 Å². The van der Waals surface area contributed by atoms with Crippen LogP contribution in [0.15, 0.2) is 58.7 Å². The lowest BCUT2D eigenvalue weighted by Crippen LogP contribution is -2.08. The number of aryl methyl sites for hydroxylation is 1. The van der Waals surface area contributed by atoms with Crippen molar-refractivity contribution in [3.63, 3.8) is 0 Å². The number of hydrogen-bond donors (Lipinski definition) is 1. The molecule has 0 aliphatic carbocycles. The third kappa shape index (κ3) is 6.22. The Morgan fingerprint density at radius 2 is 1.88 bits per heavy atom. The second-order valence-electron chi connectivity index (χ2n) is 6.77. The summed E-state index contributed by atoms with van der Waals surface area (Å²) in [6.45, 7) is 5.34. The highest BCUT2D eigenvalue weighted by molar-refractivity contribution is 5.85. The highest BCUT2D eigenvalue weighted by atomic mass is 19.3. The molecule has 2 aromatic heterocycles. The molecule has 2 N–H and O–H groups in total. The van der Waals surface area contributed by atoms with E-state index in [1.54, 1.807) is 25.3 Å². The Kier molecular flexibility index (Phi) is 7.85. The normalized spacial score (nSPS) is 11.5. The van der Waals surface area contributed by atoms with E-state index in [1.807, 2.05) is 0 Å². The minimum absolute atomic E-state index is 0.0866. The van der Waals surface area contributed by atoms with E-state index in [9.17, 15) is 13.2 Å². The zero-order valence-corrected chi connectivity index (χ0v) is 17.8. The van der Waals surface area contributed by atoms with Gasteiger partial charge in [-0.1, -0.05) is 0 Å². The molecule has 0 aliphatic heterocycles. The number of alkyl halides is 2. The second-order valence-corrected chi connectivity index (χ2v) is 6.77. The molecule has 170 valence electrons. The van der Waals surface area contributed by atoms with Crippen LogP contribution in [0.5, 0.6) is 5.88 Å². The fourth-order valence-electron chi connectivity index (χ4n) is 3.02. The standard InChI is InChI=1S/C23H21F3N6O/c1-14-12-16(13-18(30-14)21(25)26)19-20(15-4-6-17(24)7-5-15)31-23(27)32-22(19)33-11-10-29-9-3-8-28-2/h3-9,12-13,21H,2,10-11H2,1H3,(H2,27,31,32)/b8-3-,29-9?. The van der Waals surface area contributed by atoms with E-state index >= 15 is 0 Å². The molecule has 3 aromatic rings. The topological polar surface area (TPSA) is 98.6 Å². The molecule has 0 radical (unpaired) electrons. The van der Waals surface area contributed by atoms with Crippen molar-refractivity contribution in [1.29, 1.82) is 0 Å². The number of aromatic nitrogens is 3. The van der Waals surface area contributed by atoms with Gasteiger partial charge in [0.15, 0.2) is 0 Å². The zero-order chi connectivity index (χ0) is 23.8. The van der Waals surface area contributed by atoms with E-state index in [0.29, 0.717) is 28.1 Å². The molecule has 0 unspecified atom stereocenters. The molecular weight excluding hydrogens is 433 g/mol. The first kappa shape index (κ1) is 23.6. The SMILES string of the molecule is C=N/C=C\C=NCCOc1nc(N)nc(-c2ccc(F)cc2)c1-c1cc(C)nc(C(F)F)c1. The van der Waals surface area contributed by atoms with Crippen LogP contribution in [0.4, 0.5) is 19.1 Å². The van der Waals surface area contributed by atoms with E-state index in [-0.39, 0.29) is 25.0 Å². The molecular formula is C23H21F3N6O. The number of nitrogens with two attached hydrogens (primary N) is 1. The molecule has 33 heavy (non-hydrogen) atoms. The molecule has 0 fully saturated rings. The Bertz CT molecular complexity index is 1180. The van der Waals surface area contributed by atoms with Gasteiger partial charge in [0, 0.05) is 23.7 Å². The van der Waals surface area contributed by atoms with Crippen LogP contribution < -0.4 is 10.5 Å². The molecule has 0 spiro atoms. The van der Waals surface area contributed by atoms with Gasteiger partial charge in [-0.3, -0.25) is 15.0 Å². The van der Waals surface area contributed by atoms with Crippen LogP contribution >= 0.6 is 0 Å². The molecule has 7 nitrogen and oxygen atoms in total. The lowest BCUT2D eigenvalue weighted by atomic mass is 9.99. The monoisotopic (exact) mass is 454 g/mol. The Labute approximate surface area is 188 Å². The van der Waals surface area contributed by atoms with Crippen molar-refractivity contribution in [3.8, 4) is 28.3 Å². The Morgan fingerprint density at radius 1 is 1.12 bits per heavy atom. The van der Waals surface area contributed by atoms with Gasteiger partial charge in [-0.15, -0.1) is 0 Å². The van der Waals surface area contributed by atoms with Gasteiger partial charge in [0.05, 0.1) is 17.8 Å². The van der Waals surface area contributed by atoms with Crippen LogP contribution in [-0.2, 0) is 0 Å². The second kappa shape index (κ2) is 11.0. The van der Waals surface area contributed by atoms with Crippen molar-refractivity contribution in [2.75, 3.05) is 18.9 Å². The predicted molar refractivity (Wildman–Crippen MR) is 122 cm³/mol. The minimum Gasteiger partial charge on any atom is -0.475 e. The van der Waals surface area contributed by atoms with Crippen molar-refractivity contribution in [2.24, 2.45) is 9.98 Å². The fourth-order valence-corrected chi connectivity index (χ4v) is 3.02. The predicted octanol–water partition coefficient (Wildman–Crippen LogP) is 4.84. The molecule has 0 aliphatic rings. The molecule has 0 bridgehead atoms. The Morgan fingerprint density at radius 3 is 2.58 bits per heavy atom. The van der Waals surface area contributed by atoms with Gasteiger partial charge in [0.2, 0.25) is 11.8 Å². The number of ether oxygens (including phenoxy) is 1. The highest BCUT2D eigenvalue weighted by Crippen LogP contribution is 2.39. The van der Waals surface area contributed by atoms with E-state index in [4.69, 9.17) is 10.5 Å². The first-order chi connectivity index (χ1) is 15.9. The fraction of sp³-hybridized carbons (Fsp3) is 0.174. The summed E-state index contributed by atoms with van der Waals surface area (Å²) in [6, 6.07) is 8.42. The maximum Gasteiger partial charge on any atom is 0.280 e. The third-order valence-electron chi connectivity index (χ3n) is 4.34. The zero-order valence-electron chi connectivity index (χ0n) is 17.8. The van der Waals surface area contributed by atoms with Crippen molar-refractivity contribution in [2.45, 2.75) is 13.3 Å². The van der Waals surface area contributed by atoms with Crippen LogP contribution in [-0.4, -0.2) is 41.0 Å². The third-order valence-corrected chi connectivity index (χ3v) is 4.34. The average molecular weight is 454 g/mol. The summed E-state index contributed by atoms with van der Waals surface area (Å²) >= 11 is 0. The van der Waals surface area contributed by atoms with Crippen molar-refractivity contribution < 1.29 is 17.9 Å². The number of anilines is 1. The van der Waals surface area contributed by atoms with Crippen molar-refractivity contribution in [1.82, 2.24) is 15.0 Å². The number of nitrogen functional groups attached to an aromatic ring is 1. The maximum atomic E-state index is 13.5. The van der Waals surface area contributed by atoms with Gasteiger partial charge in [0.1, 0.15) is 18.1 Å². The minimum atomic E-state index is -2.77. The van der Waals surface area contributed by atoms with Gasteiger partial charge < -0.3 is 10.5 Å². The van der Waals surface area contributed by atoms with E-state index in [2.05, 4.69) is 31.7 Å². The molecule has 10 heteroatoms. The Hall–Kier alpha value is -4.08.